The van der Waals surface area contributed by atoms with Crippen molar-refractivity contribution in [3.05, 3.63) is 35.2 Å². The van der Waals surface area contributed by atoms with Crippen molar-refractivity contribution in [1.29, 1.82) is 0 Å². The molecule has 0 aliphatic heterocycles. The van der Waals surface area contributed by atoms with Crippen LogP contribution in [0.15, 0.2) is 18.2 Å². The maximum atomic E-state index is 11.1. The highest BCUT2D eigenvalue weighted by Crippen LogP contribution is 2.21. The summed E-state index contributed by atoms with van der Waals surface area (Å²) in [5, 5.41) is 2.44. The minimum atomic E-state index is -0.648. The summed E-state index contributed by atoms with van der Waals surface area (Å²) >= 11 is 0. The monoisotopic (exact) mass is 202 g/mol. The Morgan fingerprint density at radius 3 is 2.53 bits per heavy atom. The van der Waals surface area contributed by atoms with Crippen molar-refractivity contribution in [3.63, 3.8) is 0 Å². The Kier molecular flexibility index (Phi) is 3.19. The molecule has 0 fully saturated rings. The van der Waals surface area contributed by atoms with E-state index in [0.29, 0.717) is 11.4 Å². The summed E-state index contributed by atoms with van der Waals surface area (Å²) < 4.78 is 0. The van der Waals surface area contributed by atoms with E-state index in [2.05, 4.69) is 10.2 Å². The van der Waals surface area contributed by atoms with Gasteiger partial charge in [0.25, 0.3) is 5.91 Å². The number of benzene rings is 1. The number of anilines is 1. The van der Waals surface area contributed by atoms with Gasteiger partial charge in [-0.15, -0.1) is 0 Å². The first-order valence-corrected chi connectivity index (χ1v) is 4.34. The number of aryl methyl sites for hydroxylation is 1. The Labute approximate surface area is 87.7 Å². The molecule has 1 amide bonds. The van der Waals surface area contributed by atoms with E-state index in [4.69, 9.17) is 6.57 Å². The van der Waals surface area contributed by atoms with Gasteiger partial charge >= 0.3 is 0 Å². The van der Waals surface area contributed by atoms with E-state index in [1.165, 1.54) is 6.92 Å². The molecule has 1 N–H and O–H groups in total. The van der Waals surface area contributed by atoms with Crippen LogP contribution in [-0.4, -0.2) is 11.7 Å². The number of carbonyl (C=O) groups excluding carboxylic acids is 2. The van der Waals surface area contributed by atoms with E-state index in [9.17, 15) is 9.59 Å². The fourth-order valence-corrected chi connectivity index (χ4v) is 1.08. The molecule has 0 aliphatic carbocycles. The molecule has 0 saturated heterocycles. The summed E-state index contributed by atoms with van der Waals surface area (Å²) in [4.78, 5) is 25.0. The molecule has 0 saturated carbocycles. The van der Waals surface area contributed by atoms with Crippen LogP contribution in [0.5, 0.6) is 0 Å². The highest BCUT2D eigenvalue weighted by molar-refractivity contribution is 6.39. The molecular formula is C11H10N2O2. The predicted octanol–water partition coefficient (Wildman–Crippen LogP) is 2.07. The van der Waals surface area contributed by atoms with Crippen LogP contribution in [0.25, 0.3) is 4.85 Å². The van der Waals surface area contributed by atoms with Crippen molar-refractivity contribution in [3.8, 4) is 0 Å². The third-order valence-electron chi connectivity index (χ3n) is 1.89. The normalized spacial score (nSPS) is 9.13. The van der Waals surface area contributed by atoms with E-state index in [0.717, 1.165) is 5.56 Å². The van der Waals surface area contributed by atoms with Crippen molar-refractivity contribution in [2.45, 2.75) is 13.8 Å². The van der Waals surface area contributed by atoms with Gasteiger partial charge in [0.05, 0.1) is 6.57 Å². The van der Waals surface area contributed by atoms with Crippen molar-refractivity contribution in [2.75, 3.05) is 5.32 Å². The van der Waals surface area contributed by atoms with Crippen molar-refractivity contribution < 1.29 is 9.59 Å². The number of rotatable bonds is 2. The quantitative estimate of drug-likeness (QED) is 0.589. The lowest BCUT2D eigenvalue weighted by Crippen LogP contribution is -2.19. The number of hydrogen-bond acceptors (Lipinski definition) is 2. The van der Waals surface area contributed by atoms with Gasteiger partial charge in [-0.1, -0.05) is 6.07 Å². The second-order valence-electron chi connectivity index (χ2n) is 3.12. The fourth-order valence-electron chi connectivity index (χ4n) is 1.08. The van der Waals surface area contributed by atoms with Crippen LogP contribution < -0.4 is 5.32 Å². The van der Waals surface area contributed by atoms with E-state index < -0.39 is 11.7 Å². The van der Waals surface area contributed by atoms with Crippen molar-refractivity contribution in [1.82, 2.24) is 0 Å². The molecule has 0 atom stereocenters. The third kappa shape index (κ3) is 2.64. The SMILES string of the molecule is [C-]#[N+]c1ccc(NC(=O)C(C)=O)cc1C. The number of Topliss-reactive ketones (excluding diaryl/α,β-unsaturated/α-hetero) is 1. The zero-order chi connectivity index (χ0) is 11.4. The highest BCUT2D eigenvalue weighted by Gasteiger charge is 2.08. The number of nitrogens with zero attached hydrogens (tertiary/aromatic N) is 1. The molecule has 0 unspecified atom stereocenters. The maximum Gasteiger partial charge on any atom is 0.291 e. The average Bonchev–Trinajstić information content (AvgIpc) is 2.18. The van der Waals surface area contributed by atoms with E-state index >= 15 is 0 Å². The molecule has 4 heteroatoms. The van der Waals surface area contributed by atoms with Crippen molar-refractivity contribution in [2.24, 2.45) is 0 Å². The Morgan fingerprint density at radius 2 is 2.07 bits per heavy atom. The zero-order valence-electron chi connectivity index (χ0n) is 8.50. The standard InChI is InChI=1S/C11H10N2O2/c1-7-6-9(4-5-10(7)12-3)13-11(15)8(2)14/h4-6H,1-2H3,(H,13,15). The molecule has 76 valence electrons. The average molecular weight is 202 g/mol. The Hall–Kier alpha value is -2.15. The molecule has 0 heterocycles. The molecule has 1 rings (SSSR count). The minimum Gasteiger partial charge on any atom is -0.320 e. The Bertz CT molecular complexity index is 458. The maximum absolute atomic E-state index is 11.1. The van der Waals surface area contributed by atoms with Crippen LogP contribution in [0.4, 0.5) is 11.4 Å². The lowest BCUT2D eigenvalue weighted by Gasteiger charge is -2.04. The Balaban J connectivity index is 2.90. The lowest BCUT2D eigenvalue weighted by atomic mass is 10.2. The van der Waals surface area contributed by atoms with Gasteiger partial charge in [0.2, 0.25) is 5.78 Å². The molecule has 1 aromatic rings. The van der Waals surface area contributed by atoms with Crippen LogP contribution in [0, 0.1) is 13.5 Å². The van der Waals surface area contributed by atoms with Crippen LogP contribution in [0.3, 0.4) is 0 Å². The van der Waals surface area contributed by atoms with E-state index in [1.54, 1.807) is 25.1 Å². The van der Waals surface area contributed by atoms with Crippen LogP contribution in [0.2, 0.25) is 0 Å². The number of carbonyl (C=O) groups is 2. The number of nitrogens with one attached hydrogen (secondary N) is 1. The lowest BCUT2D eigenvalue weighted by molar-refractivity contribution is -0.133. The van der Waals surface area contributed by atoms with E-state index in [-0.39, 0.29) is 0 Å². The summed E-state index contributed by atoms with van der Waals surface area (Å²) in [6.07, 6.45) is 0. The summed E-state index contributed by atoms with van der Waals surface area (Å²) in [6.45, 7) is 9.83. The molecule has 0 aromatic heterocycles. The topological polar surface area (TPSA) is 50.5 Å². The van der Waals surface area contributed by atoms with Gasteiger partial charge in [-0.25, -0.2) is 4.85 Å². The molecular weight excluding hydrogens is 192 g/mol. The Morgan fingerprint density at radius 1 is 1.40 bits per heavy atom. The minimum absolute atomic E-state index is 0.528. The van der Waals surface area contributed by atoms with Gasteiger partial charge in [-0.2, -0.15) is 0 Å². The van der Waals surface area contributed by atoms with Gasteiger partial charge in [-0.05, 0) is 24.6 Å². The second-order valence-corrected chi connectivity index (χ2v) is 3.12. The van der Waals surface area contributed by atoms with E-state index in [1.807, 2.05) is 0 Å². The largest absolute Gasteiger partial charge is 0.320 e. The summed E-state index contributed by atoms with van der Waals surface area (Å²) in [5.41, 5.74) is 1.84. The summed E-state index contributed by atoms with van der Waals surface area (Å²) in [6, 6.07) is 4.87. The first-order valence-electron chi connectivity index (χ1n) is 4.34. The first-order chi connectivity index (χ1) is 7.04. The van der Waals surface area contributed by atoms with Crippen molar-refractivity contribution >= 4 is 23.1 Å². The van der Waals surface area contributed by atoms with Crippen LogP contribution in [0.1, 0.15) is 12.5 Å². The number of hydrogen-bond donors (Lipinski definition) is 1. The smallest absolute Gasteiger partial charge is 0.291 e. The molecule has 0 bridgehead atoms. The third-order valence-corrected chi connectivity index (χ3v) is 1.89. The number of ketones is 1. The van der Waals surface area contributed by atoms with Gasteiger partial charge in [0, 0.05) is 12.6 Å². The number of amides is 1. The summed E-state index contributed by atoms with van der Waals surface area (Å²) in [5.74, 6) is -1.19. The molecule has 0 aliphatic rings. The van der Waals surface area contributed by atoms with Crippen LogP contribution in [-0.2, 0) is 9.59 Å². The first kappa shape index (κ1) is 10.9. The molecule has 1 aromatic carbocycles. The van der Waals surface area contributed by atoms with Crippen LogP contribution >= 0.6 is 0 Å². The van der Waals surface area contributed by atoms with Gasteiger partial charge < -0.3 is 5.32 Å². The predicted molar refractivity (Wildman–Crippen MR) is 56.8 cm³/mol. The van der Waals surface area contributed by atoms with Gasteiger partial charge in [0.15, 0.2) is 5.69 Å². The molecule has 0 radical (unpaired) electrons. The second kappa shape index (κ2) is 4.38. The fraction of sp³-hybridized carbons (Fsp3) is 0.182. The highest BCUT2D eigenvalue weighted by atomic mass is 16.2. The molecule has 4 nitrogen and oxygen atoms in total. The van der Waals surface area contributed by atoms with Gasteiger partial charge in [-0.3, -0.25) is 9.59 Å². The zero-order valence-corrected chi connectivity index (χ0v) is 8.50. The molecule has 15 heavy (non-hydrogen) atoms. The summed E-state index contributed by atoms with van der Waals surface area (Å²) in [7, 11) is 0. The van der Waals surface area contributed by atoms with Gasteiger partial charge in [0.1, 0.15) is 0 Å². The molecule has 0 spiro atoms.